The molecule has 0 atom stereocenters. The molecule has 1 N–H and O–H groups in total. The van der Waals surface area contributed by atoms with Crippen LogP contribution in [0.1, 0.15) is 21.5 Å². The maximum Gasteiger partial charge on any atom is 0.255 e. The lowest BCUT2D eigenvalue weighted by Gasteiger charge is -2.27. The van der Waals surface area contributed by atoms with Gasteiger partial charge in [-0.25, -0.2) is 9.97 Å². The number of nitriles is 1. The average Bonchev–Trinajstić information content (AvgIpc) is 2.79. The number of fused-ring (bicyclic) bond motifs is 1. The largest absolute Gasteiger partial charge is 0.378 e. The standard InChI is InChI=1S/C22H20ClN5O2/c23-19-12-15(1-3-17(19)22(29)28-7-9-30-10-8-28)5-6-25-21-18-11-16(13-24)2-4-20(18)26-14-27-21/h1-4,11-12,14H,5-10H2,(H,25,26,27). The molecule has 4 rings (SSSR count). The van der Waals surface area contributed by atoms with Crippen LogP contribution >= 0.6 is 11.6 Å². The van der Waals surface area contributed by atoms with Crippen LogP contribution in [0.2, 0.25) is 5.02 Å². The third-order valence-electron chi connectivity index (χ3n) is 5.03. The third kappa shape index (κ3) is 4.35. The Labute approximate surface area is 179 Å². The molecule has 1 fully saturated rings. The Kier molecular flexibility index (Phi) is 6.07. The highest BCUT2D eigenvalue weighted by molar-refractivity contribution is 6.33. The van der Waals surface area contributed by atoms with Crippen molar-refractivity contribution in [3.05, 3.63) is 64.4 Å². The molecule has 0 radical (unpaired) electrons. The quantitative estimate of drug-likeness (QED) is 0.679. The van der Waals surface area contributed by atoms with Crippen LogP contribution in [0.4, 0.5) is 5.82 Å². The van der Waals surface area contributed by atoms with E-state index >= 15 is 0 Å². The van der Waals surface area contributed by atoms with Crippen LogP contribution in [0, 0.1) is 11.3 Å². The van der Waals surface area contributed by atoms with Crippen molar-refractivity contribution in [2.45, 2.75) is 6.42 Å². The zero-order valence-electron chi connectivity index (χ0n) is 16.3. The number of benzene rings is 2. The number of aromatic nitrogens is 2. The molecular weight excluding hydrogens is 402 g/mol. The van der Waals surface area contributed by atoms with Gasteiger partial charge in [-0.15, -0.1) is 0 Å². The Morgan fingerprint density at radius 3 is 2.80 bits per heavy atom. The monoisotopic (exact) mass is 421 g/mol. The predicted molar refractivity (Wildman–Crippen MR) is 115 cm³/mol. The van der Waals surface area contributed by atoms with Crippen molar-refractivity contribution >= 4 is 34.2 Å². The molecule has 0 saturated carbocycles. The van der Waals surface area contributed by atoms with E-state index in [0.29, 0.717) is 61.2 Å². The summed E-state index contributed by atoms with van der Waals surface area (Å²) in [5, 5.41) is 13.7. The van der Waals surface area contributed by atoms with Crippen molar-refractivity contribution in [2.24, 2.45) is 0 Å². The molecule has 1 amide bonds. The summed E-state index contributed by atoms with van der Waals surface area (Å²) in [5.41, 5.74) is 2.87. The van der Waals surface area contributed by atoms with Crippen molar-refractivity contribution in [2.75, 3.05) is 38.2 Å². The van der Waals surface area contributed by atoms with Crippen molar-refractivity contribution in [1.82, 2.24) is 14.9 Å². The molecule has 1 aliphatic rings. The van der Waals surface area contributed by atoms with E-state index in [1.165, 1.54) is 6.33 Å². The number of carbonyl (C=O) groups is 1. The van der Waals surface area contributed by atoms with Gasteiger partial charge in [0.2, 0.25) is 0 Å². The molecule has 2 aromatic carbocycles. The van der Waals surface area contributed by atoms with Gasteiger partial charge >= 0.3 is 0 Å². The van der Waals surface area contributed by atoms with Crippen molar-refractivity contribution in [3.8, 4) is 6.07 Å². The summed E-state index contributed by atoms with van der Waals surface area (Å²) in [4.78, 5) is 22.9. The van der Waals surface area contributed by atoms with E-state index in [0.717, 1.165) is 16.5 Å². The smallest absolute Gasteiger partial charge is 0.255 e. The lowest BCUT2D eigenvalue weighted by atomic mass is 10.1. The molecule has 0 spiro atoms. The van der Waals surface area contributed by atoms with Gasteiger partial charge in [0.25, 0.3) is 5.91 Å². The molecule has 1 saturated heterocycles. The SMILES string of the molecule is N#Cc1ccc2ncnc(NCCc3ccc(C(=O)N4CCOCC4)c(Cl)c3)c2c1. The normalized spacial score (nSPS) is 13.8. The number of rotatable bonds is 5. The summed E-state index contributed by atoms with van der Waals surface area (Å²) in [6.07, 6.45) is 2.20. The molecule has 30 heavy (non-hydrogen) atoms. The summed E-state index contributed by atoms with van der Waals surface area (Å²) in [6.45, 7) is 2.90. The molecular formula is C22H20ClN5O2. The van der Waals surface area contributed by atoms with Gasteiger partial charge in [-0.2, -0.15) is 5.26 Å². The van der Waals surface area contributed by atoms with Gasteiger partial charge in [0.15, 0.2) is 0 Å². The summed E-state index contributed by atoms with van der Waals surface area (Å²) in [5.74, 6) is 0.621. The van der Waals surface area contributed by atoms with Gasteiger partial charge in [-0.05, 0) is 42.3 Å². The second-order valence-electron chi connectivity index (χ2n) is 6.96. The van der Waals surface area contributed by atoms with E-state index in [-0.39, 0.29) is 5.91 Å². The molecule has 0 bridgehead atoms. The first-order valence-electron chi connectivity index (χ1n) is 9.70. The molecule has 1 aromatic heterocycles. The highest BCUT2D eigenvalue weighted by Gasteiger charge is 2.20. The fourth-order valence-electron chi connectivity index (χ4n) is 3.42. The van der Waals surface area contributed by atoms with Crippen LogP contribution in [0.15, 0.2) is 42.7 Å². The van der Waals surface area contributed by atoms with Gasteiger partial charge in [-0.1, -0.05) is 17.7 Å². The second-order valence-corrected chi connectivity index (χ2v) is 7.37. The van der Waals surface area contributed by atoms with Crippen LogP contribution in [0.5, 0.6) is 0 Å². The maximum atomic E-state index is 12.6. The average molecular weight is 422 g/mol. The number of halogens is 1. The minimum absolute atomic E-state index is 0.0614. The number of nitrogens with one attached hydrogen (secondary N) is 1. The summed E-state index contributed by atoms with van der Waals surface area (Å²) >= 11 is 6.40. The summed E-state index contributed by atoms with van der Waals surface area (Å²) in [6, 6.07) is 13.0. The molecule has 0 unspecified atom stereocenters. The maximum absolute atomic E-state index is 12.6. The van der Waals surface area contributed by atoms with Gasteiger partial charge in [-0.3, -0.25) is 4.79 Å². The molecule has 3 aromatic rings. The zero-order valence-corrected chi connectivity index (χ0v) is 17.0. The van der Waals surface area contributed by atoms with Crippen LogP contribution in [-0.4, -0.2) is 53.6 Å². The molecule has 152 valence electrons. The second kappa shape index (κ2) is 9.08. The Morgan fingerprint density at radius 1 is 1.20 bits per heavy atom. The van der Waals surface area contributed by atoms with E-state index in [1.54, 1.807) is 23.1 Å². The van der Waals surface area contributed by atoms with E-state index < -0.39 is 0 Å². The Bertz CT molecular complexity index is 1120. The topological polar surface area (TPSA) is 91.1 Å². The lowest BCUT2D eigenvalue weighted by molar-refractivity contribution is 0.0303. The predicted octanol–water partition coefficient (Wildman–Crippen LogP) is 3.28. The Balaban J connectivity index is 1.42. The van der Waals surface area contributed by atoms with Crippen LogP contribution in [0.3, 0.4) is 0 Å². The zero-order chi connectivity index (χ0) is 20.9. The van der Waals surface area contributed by atoms with E-state index in [4.69, 9.17) is 21.6 Å². The van der Waals surface area contributed by atoms with E-state index in [2.05, 4.69) is 21.4 Å². The lowest BCUT2D eigenvalue weighted by Crippen LogP contribution is -2.40. The minimum atomic E-state index is -0.0614. The fourth-order valence-corrected chi connectivity index (χ4v) is 3.70. The molecule has 0 aliphatic carbocycles. The number of nitrogens with zero attached hydrogens (tertiary/aromatic N) is 4. The molecule has 7 nitrogen and oxygen atoms in total. The van der Waals surface area contributed by atoms with Crippen molar-refractivity contribution in [1.29, 1.82) is 5.26 Å². The fraction of sp³-hybridized carbons (Fsp3) is 0.273. The first kappa shape index (κ1) is 20.1. The Hall–Kier alpha value is -3.21. The number of hydrogen-bond donors (Lipinski definition) is 1. The Morgan fingerprint density at radius 2 is 2.03 bits per heavy atom. The van der Waals surface area contributed by atoms with Gasteiger partial charge in [0.05, 0.1) is 40.9 Å². The van der Waals surface area contributed by atoms with Crippen LogP contribution in [-0.2, 0) is 11.2 Å². The first-order valence-corrected chi connectivity index (χ1v) is 10.1. The van der Waals surface area contributed by atoms with Crippen molar-refractivity contribution < 1.29 is 9.53 Å². The van der Waals surface area contributed by atoms with Gasteiger partial charge in [0, 0.05) is 25.0 Å². The summed E-state index contributed by atoms with van der Waals surface area (Å²) in [7, 11) is 0. The summed E-state index contributed by atoms with van der Waals surface area (Å²) < 4.78 is 5.30. The number of carbonyl (C=O) groups excluding carboxylic acids is 1. The number of anilines is 1. The van der Waals surface area contributed by atoms with Gasteiger partial charge < -0.3 is 15.0 Å². The highest BCUT2D eigenvalue weighted by Crippen LogP contribution is 2.22. The van der Waals surface area contributed by atoms with E-state index in [1.807, 2.05) is 18.2 Å². The van der Waals surface area contributed by atoms with Crippen LogP contribution in [0.25, 0.3) is 10.9 Å². The highest BCUT2D eigenvalue weighted by atomic mass is 35.5. The first-order chi connectivity index (χ1) is 14.7. The van der Waals surface area contributed by atoms with E-state index in [9.17, 15) is 4.79 Å². The number of amides is 1. The molecule has 8 heteroatoms. The van der Waals surface area contributed by atoms with Crippen LogP contribution < -0.4 is 5.32 Å². The number of ether oxygens (including phenoxy) is 1. The third-order valence-corrected chi connectivity index (χ3v) is 5.35. The molecule has 1 aliphatic heterocycles. The number of morpholine rings is 1. The van der Waals surface area contributed by atoms with Crippen molar-refractivity contribution in [3.63, 3.8) is 0 Å². The minimum Gasteiger partial charge on any atom is -0.378 e. The molecule has 2 heterocycles. The number of hydrogen-bond acceptors (Lipinski definition) is 6. The van der Waals surface area contributed by atoms with Gasteiger partial charge in [0.1, 0.15) is 12.1 Å².